The Hall–Kier alpha value is -0.610. The molecule has 0 radical (unpaired) electrons. The summed E-state index contributed by atoms with van der Waals surface area (Å²) >= 11 is 0. The first-order valence-corrected chi connectivity index (χ1v) is 6.75. The van der Waals surface area contributed by atoms with Gasteiger partial charge in [-0.1, -0.05) is 13.8 Å². The third-order valence-electron chi connectivity index (χ3n) is 4.47. The zero-order valence-electron chi connectivity index (χ0n) is 11.3. The van der Waals surface area contributed by atoms with Crippen LogP contribution in [0.2, 0.25) is 0 Å². The van der Waals surface area contributed by atoms with Crippen molar-refractivity contribution in [2.45, 2.75) is 32.7 Å². The van der Waals surface area contributed by atoms with Crippen molar-refractivity contribution in [2.24, 2.45) is 11.3 Å². The topological polar surface area (TPSA) is 44.4 Å². The fourth-order valence-corrected chi connectivity index (χ4v) is 3.04. The maximum atomic E-state index is 12.5. The zero-order valence-corrected chi connectivity index (χ0v) is 11.3. The van der Waals surface area contributed by atoms with Crippen LogP contribution in [0.15, 0.2) is 0 Å². The van der Waals surface area contributed by atoms with Crippen LogP contribution < -0.4 is 10.6 Å². The van der Waals surface area contributed by atoms with Crippen LogP contribution in [-0.4, -0.2) is 50.1 Å². The molecule has 0 aromatic carbocycles. The Morgan fingerprint density at radius 1 is 1.53 bits per heavy atom. The number of carbonyl (C=O) groups is 1. The van der Waals surface area contributed by atoms with Crippen LogP contribution in [0.5, 0.6) is 0 Å². The highest BCUT2D eigenvalue weighted by Gasteiger charge is 2.44. The van der Waals surface area contributed by atoms with Gasteiger partial charge >= 0.3 is 0 Å². The summed E-state index contributed by atoms with van der Waals surface area (Å²) in [5.74, 6) is 0.662. The molecule has 0 aliphatic carbocycles. The van der Waals surface area contributed by atoms with Crippen LogP contribution in [0.3, 0.4) is 0 Å². The van der Waals surface area contributed by atoms with Gasteiger partial charge < -0.3 is 15.5 Å². The van der Waals surface area contributed by atoms with Gasteiger partial charge in [-0.05, 0) is 38.9 Å². The lowest BCUT2D eigenvalue weighted by molar-refractivity contribution is -0.133. The van der Waals surface area contributed by atoms with Crippen LogP contribution in [0.25, 0.3) is 0 Å². The Morgan fingerprint density at radius 2 is 2.29 bits per heavy atom. The number of likely N-dealkylation sites (tertiary alicyclic amines) is 1. The molecule has 2 rings (SSSR count). The Morgan fingerprint density at radius 3 is 2.76 bits per heavy atom. The summed E-state index contributed by atoms with van der Waals surface area (Å²) in [5.41, 5.74) is -0.179. The summed E-state index contributed by atoms with van der Waals surface area (Å²) in [6.45, 7) is 8.21. The largest absolute Gasteiger partial charge is 0.351 e. The van der Waals surface area contributed by atoms with E-state index in [2.05, 4.69) is 36.4 Å². The highest BCUT2D eigenvalue weighted by molar-refractivity contribution is 5.84. The van der Waals surface area contributed by atoms with Crippen molar-refractivity contribution in [2.75, 3.05) is 33.2 Å². The van der Waals surface area contributed by atoms with Crippen molar-refractivity contribution in [1.29, 1.82) is 0 Å². The number of likely N-dealkylation sites (N-methyl/N-ethyl adjacent to an activating group) is 1. The molecule has 0 aromatic rings. The molecule has 2 atom stereocenters. The van der Waals surface area contributed by atoms with Crippen LogP contribution >= 0.6 is 0 Å². The number of hydrogen-bond donors (Lipinski definition) is 2. The van der Waals surface area contributed by atoms with E-state index in [-0.39, 0.29) is 11.3 Å². The summed E-state index contributed by atoms with van der Waals surface area (Å²) in [5, 5.41) is 6.59. The Balaban J connectivity index is 1.98. The lowest BCUT2D eigenvalue weighted by Crippen LogP contribution is -2.50. The number of nitrogens with zero attached hydrogens (tertiary/aromatic N) is 1. The molecule has 0 spiro atoms. The van der Waals surface area contributed by atoms with Crippen LogP contribution in [0.1, 0.15) is 26.7 Å². The van der Waals surface area contributed by atoms with Gasteiger partial charge in [0.2, 0.25) is 5.91 Å². The molecule has 2 fully saturated rings. The molecule has 1 amide bonds. The van der Waals surface area contributed by atoms with E-state index in [9.17, 15) is 4.79 Å². The summed E-state index contributed by atoms with van der Waals surface area (Å²) in [4.78, 5) is 14.8. The number of hydrogen-bond acceptors (Lipinski definition) is 3. The third-order valence-corrected chi connectivity index (χ3v) is 4.47. The Kier molecular flexibility index (Phi) is 3.73. The average Bonchev–Trinajstić information content (AvgIpc) is 2.87. The lowest BCUT2D eigenvalue weighted by atomic mass is 9.75. The second-order valence-electron chi connectivity index (χ2n) is 5.96. The monoisotopic (exact) mass is 239 g/mol. The van der Waals surface area contributed by atoms with E-state index in [0.29, 0.717) is 12.0 Å². The second kappa shape index (κ2) is 4.94. The maximum absolute atomic E-state index is 12.5. The van der Waals surface area contributed by atoms with Crippen molar-refractivity contribution < 1.29 is 4.79 Å². The zero-order chi connectivity index (χ0) is 12.5. The number of amides is 1. The predicted octanol–water partition coefficient (Wildman–Crippen LogP) is 0.442. The average molecular weight is 239 g/mol. The molecule has 2 saturated heterocycles. The van der Waals surface area contributed by atoms with Gasteiger partial charge in [0.1, 0.15) is 0 Å². The molecule has 0 aromatic heterocycles. The molecular formula is C13H25N3O. The van der Waals surface area contributed by atoms with E-state index in [1.807, 2.05) is 0 Å². The van der Waals surface area contributed by atoms with Gasteiger partial charge in [-0.3, -0.25) is 4.79 Å². The van der Waals surface area contributed by atoms with Crippen molar-refractivity contribution in [3.8, 4) is 0 Å². The quantitative estimate of drug-likeness (QED) is 0.751. The minimum atomic E-state index is -0.179. The lowest BCUT2D eigenvalue weighted by Gasteiger charge is -2.32. The minimum Gasteiger partial charge on any atom is -0.351 e. The van der Waals surface area contributed by atoms with Gasteiger partial charge in [0.15, 0.2) is 0 Å². The maximum Gasteiger partial charge on any atom is 0.228 e. The van der Waals surface area contributed by atoms with Gasteiger partial charge in [0.25, 0.3) is 0 Å². The highest BCUT2D eigenvalue weighted by Crippen LogP contribution is 2.34. The van der Waals surface area contributed by atoms with E-state index < -0.39 is 0 Å². The molecule has 0 bridgehead atoms. The molecule has 98 valence electrons. The first kappa shape index (κ1) is 12.8. The second-order valence-corrected chi connectivity index (χ2v) is 5.96. The standard InChI is InChI=1S/C13H25N3O/c1-10(2)13(5-6-14-9-13)12(17)15-11-4-7-16(3)8-11/h10-11,14H,4-9H2,1-3H3,(H,15,17). The molecule has 2 aliphatic heterocycles. The third kappa shape index (κ3) is 2.47. The highest BCUT2D eigenvalue weighted by atomic mass is 16.2. The smallest absolute Gasteiger partial charge is 0.228 e. The van der Waals surface area contributed by atoms with E-state index in [0.717, 1.165) is 39.0 Å². The van der Waals surface area contributed by atoms with Crippen molar-refractivity contribution >= 4 is 5.91 Å². The molecule has 4 heteroatoms. The van der Waals surface area contributed by atoms with E-state index in [1.165, 1.54) is 0 Å². The molecular weight excluding hydrogens is 214 g/mol. The Labute approximate surface area is 104 Å². The molecule has 2 aliphatic rings. The number of carbonyl (C=O) groups excluding carboxylic acids is 1. The summed E-state index contributed by atoms with van der Waals surface area (Å²) < 4.78 is 0. The Bertz CT molecular complexity index is 284. The summed E-state index contributed by atoms with van der Waals surface area (Å²) in [6.07, 6.45) is 2.06. The van der Waals surface area contributed by atoms with E-state index in [4.69, 9.17) is 0 Å². The fraction of sp³-hybridized carbons (Fsp3) is 0.923. The van der Waals surface area contributed by atoms with Gasteiger partial charge in [-0.2, -0.15) is 0 Å². The van der Waals surface area contributed by atoms with Crippen molar-refractivity contribution in [3.63, 3.8) is 0 Å². The predicted molar refractivity (Wildman–Crippen MR) is 68.8 cm³/mol. The molecule has 2 unspecified atom stereocenters. The van der Waals surface area contributed by atoms with Gasteiger partial charge in [-0.15, -0.1) is 0 Å². The van der Waals surface area contributed by atoms with Crippen LogP contribution in [0, 0.1) is 11.3 Å². The molecule has 2 N–H and O–H groups in total. The minimum absolute atomic E-state index is 0.179. The molecule has 2 heterocycles. The first-order chi connectivity index (χ1) is 8.04. The molecule has 4 nitrogen and oxygen atoms in total. The molecule has 0 saturated carbocycles. The van der Waals surface area contributed by atoms with E-state index in [1.54, 1.807) is 0 Å². The molecule has 17 heavy (non-hydrogen) atoms. The first-order valence-electron chi connectivity index (χ1n) is 6.75. The van der Waals surface area contributed by atoms with Crippen molar-refractivity contribution in [1.82, 2.24) is 15.5 Å². The number of nitrogens with one attached hydrogen (secondary N) is 2. The number of rotatable bonds is 3. The van der Waals surface area contributed by atoms with Gasteiger partial charge in [-0.25, -0.2) is 0 Å². The normalized spacial score (nSPS) is 34.5. The summed E-state index contributed by atoms with van der Waals surface area (Å²) in [7, 11) is 2.11. The summed E-state index contributed by atoms with van der Waals surface area (Å²) in [6, 6.07) is 0.351. The van der Waals surface area contributed by atoms with Gasteiger partial charge in [0.05, 0.1) is 5.41 Å². The van der Waals surface area contributed by atoms with Crippen LogP contribution in [0.4, 0.5) is 0 Å². The van der Waals surface area contributed by atoms with Crippen molar-refractivity contribution in [3.05, 3.63) is 0 Å². The van der Waals surface area contributed by atoms with E-state index >= 15 is 0 Å². The SMILES string of the molecule is CC(C)C1(C(=O)NC2CCN(C)C2)CCNC1. The van der Waals surface area contributed by atoms with Gasteiger partial charge in [0, 0.05) is 19.1 Å². The van der Waals surface area contributed by atoms with Crippen LogP contribution in [-0.2, 0) is 4.79 Å². The fourth-order valence-electron chi connectivity index (χ4n) is 3.04.